The smallest absolute Gasteiger partial charge is 0.252 e. The van der Waals surface area contributed by atoms with Crippen LogP contribution in [0.5, 0.6) is 5.75 Å². The van der Waals surface area contributed by atoms with Gasteiger partial charge in [-0.2, -0.15) is 0 Å². The minimum atomic E-state index is -0.654. The normalized spacial score (nSPS) is 12.3. The molecular formula is C21H24N2O3. The van der Waals surface area contributed by atoms with Crippen molar-refractivity contribution in [2.45, 2.75) is 26.5 Å². The van der Waals surface area contributed by atoms with Crippen molar-refractivity contribution in [1.82, 2.24) is 10.3 Å². The summed E-state index contributed by atoms with van der Waals surface area (Å²) < 4.78 is 5.56. The quantitative estimate of drug-likeness (QED) is 0.611. The lowest BCUT2D eigenvalue weighted by atomic mass is 10.1. The zero-order valence-corrected chi connectivity index (χ0v) is 15.1. The van der Waals surface area contributed by atoms with Crippen molar-refractivity contribution in [3.63, 3.8) is 0 Å². The van der Waals surface area contributed by atoms with E-state index in [0.29, 0.717) is 18.7 Å². The second-order valence-electron chi connectivity index (χ2n) is 6.62. The van der Waals surface area contributed by atoms with Gasteiger partial charge in [-0.05, 0) is 49.1 Å². The van der Waals surface area contributed by atoms with Crippen LogP contribution in [0, 0.1) is 13.8 Å². The average molecular weight is 352 g/mol. The van der Waals surface area contributed by atoms with Crippen LogP contribution in [0.3, 0.4) is 0 Å². The van der Waals surface area contributed by atoms with Gasteiger partial charge in [-0.1, -0.05) is 29.8 Å². The molecule has 3 rings (SSSR count). The summed E-state index contributed by atoms with van der Waals surface area (Å²) >= 11 is 0. The van der Waals surface area contributed by atoms with Gasteiger partial charge in [0.2, 0.25) is 0 Å². The lowest BCUT2D eigenvalue weighted by Gasteiger charge is -2.13. The van der Waals surface area contributed by atoms with Gasteiger partial charge in [0.25, 0.3) is 5.56 Å². The highest BCUT2D eigenvalue weighted by atomic mass is 16.5. The molecule has 0 saturated carbocycles. The van der Waals surface area contributed by atoms with Crippen LogP contribution in [0.1, 0.15) is 16.7 Å². The van der Waals surface area contributed by atoms with Gasteiger partial charge in [0.1, 0.15) is 18.5 Å². The predicted molar refractivity (Wildman–Crippen MR) is 104 cm³/mol. The number of ether oxygens (including phenoxy) is 1. The molecule has 0 spiro atoms. The third-order valence-electron chi connectivity index (χ3n) is 4.24. The fourth-order valence-corrected chi connectivity index (χ4v) is 2.75. The van der Waals surface area contributed by atoms with Crippen LogP contribution in [0.2, 0.25) is 0 Å². The molecule has 0 aliphatic carbocycles. The van der Waals surface area contributed by atoms with Crippen molar-refractivity contribution in [2.24, 2.45) is 0 Å². The van der Waals surface area contributed by atoms with Gasteiger partial charge in [-0.25, -0.2) is 0 Å². The lowest BCUT2D eigenvalue weighted by molar-refractivity contribution is 0.106. The van der Waals surface area contributed by atoms with Crippen molar-refractivity contribution in [3.05, 3.63) is 75.6 Å². The monoisotopic (exact) mass is 352 g/mol. The maximum absolute atomic E-state index is 12.2. The third kappa shape index (κ3) is 4.71. The standard InChI is InChI=1S/C21H24N2O3/c1-14-4-7-19(8-5-14)26-13-18(24)12-22-11-17-10-16-6-3-15(2)9-20(16)23-21(17)25/h3-10,18,22,24H,11-13H2,1-2H3,(H,23,25)/t18-/m0/s1. The number of aromatic nitrogens is 1. The minimum Gasteiger partial charge on any atom is -0.491 e. The van der Waals surface area contributed by atoms with Gasteiger partial charge in [0, 0.05) is 24.2 Å². The molecule has 0 saturated heterocycles. The Bertz CT molecular complexity index is 932. The van der Waals surface area contributed by atoms with E-state index in [1.54, 1.807) is 0 Å². The zero-order chi connectivity index (χ0) is 18.5. The molecule has 0 fully saturated rings. The van der Waals surface area contributed by atoms with E-state index in [0.717, 1.165) is 27.8 Å². The number of aryl methyl sites for hydroxylation is 2. The highest BCUT2D eigenvalue weighted by Crippen LogP contribution is 2.13. The van der Waals surface area contributed by atoms with Gasteiger partial charge >= 0.3 is 0 Å². The maximum Gasteiger partial charge on any atom is 0.252 e. The first-order valence-corrected chi connectivity index (χ1v) is 8.72. The van der Waals surface area contributed by atoms with Gasteiger partial charge in [0.05, 0.1) is 0 Å². The molecule has 0 aliphatic heterocycles. The largest absolute Gasteiger partial charge is 0.491 e. The molecule has 0 aliphatic rings. The van der Waals surface area contributed by atoms with Crippen molar-refractivity contribution < 1.29 is 9.84 Å². The van der Waals surface area contributed by atoms with Crippen molar-refractivity contribution >= 4 is 10.9 Å². The summed E-state index contributed by atoms with van der Waals surface area (Å²) in [5, 5.41) is 14.2. The molecule has 136 valence electrons. The molecule has 3 N–H and O–H groups in total. The van der Waals surface area contributed by atoms with E-state index in [9.17, 15) is 9.90 Å². The third-order valence-corrected chi connectivity index (χ3v) is 4.24. The Balaban J connectivity index is 1.51. The molecule has 5 heteroatoms. The molecule has 0 radical (unpaired) electrons. The SMILES string of the molecule is Cc1ccc(OC[C@@H](O)CNCc2cc3ccc(C)cc3[nH]c2=O)cc1. The molecule has 0 unspecified atom stereocenters. The van der Waals surface area contributed by atoms with E-state index in [-0.39, 0.29) is 12.2 Å². The maximum atomic E-state index is 12.2. The number of hydrogen-bond acceptors (Lipinski definition) is 4. The van der Waals surface area contributed by atoms with Crippen LogP contribution < -0.4 is 15.6 Å². The Labute approximate surface area is 152 Å². The molecule has 3 aromatic rings. The van der Waals surface area contributed by atoms with Gasteiger partial charge < -0.3 is 20.1 Å². The zero-order valence-electron chi connectivity index (χ0n) is 15.1. The van der Waals surface area contributed by atoms with Crippen molar-refractivity contribution in [2.75, 3.05) is 13.2 Å². The molecule has 1 atom stereocenters. The van der Waals surface area contributed by atoms with Gasteiger partial charge in [0.15, 0.2) is 0 Å². The van der Waals surface area contributed by atoms with E-state index in [1.807, 2.05) is 62.4 Å². The van der Waals surface area contributed by atoms with E-state index >= 15 is 0 Å². The van der Waals surface area contributed by atoms with E-state index in [4.69, 9.17) is 4.74 Å². The highest BCUT2D eigenvalue weighted by molar-refractivity contribution is 5.79. The first-order chi connectivity index (χ1) is 12.5. The summed E-state index contributed by atoms with van der Waals surface area (Å²) in [4.78, 5) is 15.1. The van der Waals surface area contributed by atoms with E-state index < -0.39 is 6.10 Å². The Hall–Kier alpha value is -2.63. The first-order valence-electron chi connectivity index (χ1n) is 8.72. The second kappa shape index (κ2) is 8.17. The molecule has 5 nitrogen and oxygen atoms in total. The van der Waals surface area contributed by atoms with Crippen molar-refractivity contribution in [3.8, 4) is 5.75 Å². The Morgan fingerprint density at radius 2 is 1.81 bits per heavy atom. The number of aliphatic hydroxyl groups is 1. The molecule has 26 heavy (non-hydrogen) atoms. The number of pyridine rings is 1. The molecule has 1 aromatic heterocycles. The van der Waals surface area contributed by atoms with Crippen LogP contribution in [0.15, 0.2) is 53.3 Å². The van der Waals surface area contributed by atoms with Crippen LogP contribution in [0.25, 0.3) is 10.9 Å². The topological polar surface area (TPSA) is 74.3 Å². The first kappa shape index (κ1) is 18.2. The molecule has 2 aromatic carbocycles. The Morgan fingerprint density at radius 1 is 1.08 bits per heavy atom. The fourth-order valence-electron chi connectivity index (χ4n) is 2.75. The summed E-state index contributed by atoms with van der Waals surface area (Å²) in [5.41, 5.74) is 3.64. The van der Waals surface area contributed by atoms with Crippen LogP contribution >= 0.6 is 0 Å². The van der Waals surface area contributed by atoms with Crippen LogP contribution in [-0.4, -0.2) is 29.3 Å². The average Bonchev–Trinajstić information content (AvgIpc) is 2.62. The van der Waals surface area contributed by atoms with Gasteiger partial charge in [-0.3, -0.25) is 4.79 Å². The van der Waals surface area contributed by atoms with Crippen molar-refractivity contribution in [1.29, 1.82) is 0 Å². The number of hydrogen-bond donors (Lipinski definition) is 3. The Kier molecular flexibility index (Phi) is 5.71. The molecule has 0 amide bonds. The summed E-state index contributed by atoms with van der Waals surface area (Å²) in [7, 11) is 0. The van der Waals surface area contributed by atoms with Crippen LogP contribution in [-0.2, 0) is 6.54 Å². The van der Waals surface area contributed by atoms with E-state index in [1.165, 1.54) is 0 Å². The molecule has 0 bridgehead atoms. The van der Waals surface area contributed by atoms with Crippen LogP contribution in [0.4, 0.5) is 0 Å². The summed E-state index contributed by atoms with van der Waals surface area (Å²) in [6, 6.07) is 15.5. The lowest BCUT2D eigenvalue weighted by Crippen LogP contribution is -2.32. The number of benzene rings is 2. The number of nitrogens with one attached hydrogen (secondary N) is 2. The van der Waals surface area contributed by atoms with E-state index in [2.05, 4.69) is 10.3 Å². The summed E-state index contributed by atoms with van der Waals surface area (Å²) in [5.74, 6) is 0.732. The molecule has 1 heterocycles. The number of fused-ring (bicyclic) bond motifs is 1. The number of H-pyrrole nitrogens is 1. The Morgan fingerprint density at radius 3 is 2.58 bits per heavy atom. The predicted octanol–water partition coefficient (Wildman–Crippen LogP) is 2.67. The van der Waals surface area contributed by atoms with Gasteiger partial charge in [-0.15, -0.1) is 0 Å². The summed E-state index contributed by atoms with van der Waals surface area (Å²) in [6.45, 7) is 4.94. The number of aliphatic hydroxyl groups excluding tert-OH is 1. The fraction of sp³-hybridized carbons (Fsp3) is 0.286. The summed E-state index contributed by atoms with van der Waals surface area (Å²) in [6.07, 6.45) is -0.654. The number of aromatic amines is 1. The minimum absolute atomic E-state index is 0.110. The second-order valence-corrected chi connectivity index (χ2v) is 6.62. The molecular weight excluding hydrogens is 328 g/mol. The number of rotatable bonds is 7. The highest BCUT2D eigenvalue weighted by Gasteiger charge is 2.07.